The molecule has 24 heavy (non-hydrogen) atoms. The van der Waals surface area contributed by atoms with Gasteiger partial charge >= 0.3 is 29.0 Å². The molecule has 0 fully saturated rings. The number of hydrogen-bond acceptors (Lipinski definition) is 8. The van der Waals surface area contributed by atoms with E-state index < -0.39 is 48.7 Å². The number of hydrogen-bond donors (Lipinski definition) is 1. The van der Waals surface area contributed by atoms with Crippen LogP contribution in [0.25, 0.3) is 0 Å². The molecule has 11 heteroatoms. The third-order valence-corrected chi connectivity index (χ3v) is 2.67. The maximum absolute atomic E-state index is 12.1. The summed E-state index contributed by atoms with van der Waals surface area (Å²) < 4.78 is 5.71. The minimum atomic E-state index is -1.25. The number of ether oxygens (including phenoxy) is 1. The summed E-state index contributed by atoms with van der Waals surface area (Å²) in [6.07, 6.45) is 1.60. The van der Waals surface area contributed by atoms with Crippen LogP contribution in [0.5, 0.6) is 0 Å². The molecule has 0 bridgehead atoms. The van der Waals surface area contributed by atoms with Crippen molar-refractivity contribution in [3.63, 3.8) is 0 Å². The van der Waals surface area contributed by atoms with E-state index in [4.69, 9.17) is 5.11 Å². The minimum Gasteiger partial charge on any atom is -0.461 e. The summed E-state index contributed by atoms with van der Waals surface area (Å²) in [5, 5.41) is 8.93. The van der Waals surface area contributed by atoms with Gasteiger partial charge in [-0.2, -0.15) is 0 Å². The Hall–Kier alpha value is -3.21. The Labute approximate surface area is 134 Å². The van der Waals surface area contributed by atoms with Crippen molar-refractivity contribution in [1.82, 2.24) is 13.9 Å². The van der Waals surface area contributed by atoms with Crippen LogP contribution in [0.2, 0.25) is 0 Å². The van der Waals surface area contributed by atoms with Crippen molar-refractivity contribution in [2.75, 3.05) is 13.2 Å². The van der Waals surface area contributed by atoms with Gasteiger partial charge in [0, 0.05) is 12.2 Å². The molecule has 0 radical (unpaired) electrons. The third-order valence-electron chi connectivity index (χ3n) is 2.67. The van der Waals surface area contributed by atoms with Gasteiger partial charge in [0.15, 0.2) is 0 Å². The molecular weight excluding hydrogens is 326 g/mol. The van der Waals surface area contributed by atoms with Crippen LogP contribution >= 0.6 is 0 Å². The fourth-order valence-corrected chi connectivity index (χ4v) is 1.59. The van der Waals surface area contributed by atoms with Crippen LogP contribution in [-0.4, -0.2) is 44.1 Å². The van der Waals surface area contributed by atoms with E-state index >= 15 is 0 Å². The van der Waals surface area contributed by atoms with Crippen molar-refractivity contribution >= 4 is 11.9 Å². The van der Waals surface area contributed by atoms with Gasteiger partial charge in [-0.05, 0) is 0 Å². The van der Waals surface area contributed by atoms with Crippen molar-refractivity contribution in [3.8, 4) is 0 Å². The largest absolute Gasteiger partial charge is 0.461 e. The van der Waals surface area contributed by atoms with Gasteiger partial charge in [0.25, 0.3) is 0 Å². The maximum atomic E-state index is 12.1. The molecule has 0 aliphatic heterocycles. The lowest BCUT2D eigenvalue weighted by Gasteiger charge is -2.12. The Balaban J connectivity index is 3.38. The van der Waals surface area contributed by atoms with Crippen LogP contribution in [0.4, 0.5) is 0 Å². The Bertz CT molecular complexity index is 829. The summed E-state index contributed by atoms with van der Waals surface area (Å²) in [5.74, 6) is -1.88. The van der Waals surface area contributed by atoms with Crippen molar-refractivity contribution in [3.05, 3.63) is 56.8 Å². The fraction of sp³-hybridized carbons (Fsp3) is 0.308. The second kappa shape index (κ2) is 8.43. The predicted molar refractivity (Wildman–Crippen MR) is 79.2 cm³/mol. The van der Waals surface area contributed by atoms with Crippen molar-refractivity contribution < 1.29 is 24.3 Å². The number of carbonyl (C=O) groups excluding carboxylic acids is 2. The van der Waals surface area contributed by atoms with Crippen LogP contribution in [-0.2, 0) is 27.4 Å². The summed E-state index contributed by atoms with van der Waals surface area (Å²) in [4.78, 5) is 63.0. The zero-order valence-electron chi connectivity index (χ0n) is 12.5. The smallest absolute Gasteiger partial charge is 0.370 e. The van der Waals surface area contributed by atoms with E-state index in [0.717, 1.165) is 6.08 Å². The van der Waals surface area contributed by atoms with E-state index in [-0.39, 0.29) is 11.3 Å². The number of aromatic nitrogens is 3. The number of nitrogens with zero attached hydrogens (tertiary/aromatic N) is 3. The van der Waals surface area contributed by atoms with E-state index in [1.807, 2.05) is 0 Å². The first kappa shape index (κ1) is 18.8. The molecule has 0 aromatic carbocycles. The van der Waals surface area contributed by atoms with Crippen molar-refractivity contribution in [2.24, 2.45) is 0 Å². The first-order valence-corrected chi connectivity index (χ1v) is 6.58. The molecule has 0 unspecified atom stereocenters. The Morgan fingerprint density at radius 3 is 2.00 bits per heavy atom. The molecule has 0 atom stereocenters. The number of esters is 1. The molecule has 0 amide bonds. The van der Waals surface area contributed by atoms with Crippen LogP contribution in [0, 0.1) is 0 Å². The lowest BCUT2D eigenvalue weighted by atomic mass is 10.6. The third kappa shape index (κ3) is 4.16. The highest BCUT2D eigenvalue weighted by molar-refractivity contribution is 5.81. The van der Waals surface area contributed by atoms with E-state index in [1.165, 1.54) is 0 Å². The van der Waals surface area contributed by atoms with Gasteiger partial charge in [0.05, 0.1) is 19.7 Å². The first-order chi connectivity index (χ1) is 11.4. The molecule has 0 aliphatic carbocycles. The average Bonchev–Trinajstić information content (AvgIpc) is 2.57. The summed E-state index contributed by atoms with van der Waals surface area (Å²) >= 11 is 0. The van der Waals surface area contributed by atoms with Gasteiger partial charge in [-0.1, -0.05) is 17.9 Å². The van der Waals surface area contributed by atoms with Crippen molar-refractivity contribution in [2.45, 2.75) is 13.1 Å². The molecule has 0 spiro atoms. The van der Waals surface area contributed by atoms with E-state index in [2.05, 4.69) is 22.7 Å². The Morgan fingerprint density at radius 2 is 1.50 bits per heavy atom. The normalized spacial score (nSPS) is 10.0. The highest BCUT2D eigenvalue weighted by Gasteiger charge is 2.18. The molecule has 11 nitrogen and oxygen atoms in total. The number of rotatable bonds is 8. The van der Waals surface area contributed by atoms with E-state index in [1.54, 1.807) is 0 Å². The molecular formula is C13H15N3O8. The highest BCUT2D eigenvalue weighted by atomic mass is 16.7. The monoisotopic (exact) mass is 341 g/mol. The lowest BCUT2D eigenvalue weighted by molar-refractivity contribution is -0.139. The zero-order chi connectivity index (χ0) is 18.3. The number of carbonyl (C=O) groups is 2. The second-order valence-electron chi connectivity index (χ2n) is 4.16. The summed E-state index contributed by atoms with van der Waals surface area (Å²) in [7, 11) is 0. The van der Waals surface area contributed by atoms with Gasteiger partial charge < -0.3 is 14.7 Å². The molecule has 1 N–H and O–H groups in total. The fourth-order valence-electron chi connectivity index (χ4n) is 1.59. The van der Waals surface area contributed by atoms with E-state index in [0.29, 0.717) is 15.2 Å². The molecule has 0 aliphatic rings. The van der Waals surface area contributed by atoms with E-state index in [9.17, 15) is 24.0 Å². The molecule has 130 valence electrons. The van der Waals surface area contributed by atoms with Crippen LogP contribution in [0.15, 0.2) is 39.7 Å². The molecule has 1 heterocycles. The maximum Gasteiger partial charge on any atom is 0.370 e. The van der Waals surface area contributed by atoms with Gasteiger partial charge in [-0.25, -0.2) is 33.1 Å². The number of aliphatic hydroxyl groups excluding tert-OH is 1. The van der Waals surface area contributed by atoms with Crippen molar-refractivity contribution in [1.29, 1.82) is 0 Å². The zero-order valence-corrected chi connectivity index (χ0v) is 12.5. The first-order valence-electron chi connectivity index (χ1n) is 6.58. The number of aliphatic hydroxyl groups is 1. The highest BCUT2D eigenvalue weighted by Crippen LogP contribution is 1.82. The quantitative estimate of drug-likeness (QED) is 0.391. The van der Waals surface area contributed by atoms with Gasteiger partial charge in [0.1, 0.15) is 6.61 Å². The average molecular weight is 341 g/mol. The second-order valence-corrected chi connectivity index (χ2v) is 4.16. The van der Waals surface area contributed by atoms with Gasteiger partial charge in [-0.15, -0.1) is 0 Å². The standard InChI is InChI=1S/C13H15N3O8/c1-3-9(18)23-8-6-15-11(20)14(5-7-17)12(21)16(13(15)22)24-10(19)4-2/h3-4,17H,1-2,5-8H2. The Kier molecular flexibility index (Phi) is 6.62. The molecule has 1 aromatic heterocycles. The van der Waals surface area contributed by atoms with Crippen LogP contribution in [0.1, 0.15) is 0 Å². The van der Waals surface area contributed by atoms with Gasteiger partial charge in [-0.3, -0.25) is 0 Å². The molecule has 1 aromatic rings. The molecule has 0 saturated heterocycles. The van der Waals surface area contributed by atoms with Gasteiger partial charge in [0.2, 0.25) is 0 Å². The SMILES string of the molecule is C=CC(=O)OCCn1c(=O)n(CCO)c(=O)n(OC(=O)C=C)c1=O. The summed E-state index contributed by atoms with van der Waals surface area (Å²) in [5.41, 5.74) is -3.54. The van der Waals surface area contributed by atoms with Crippen LogP contribution in [0.3, 0.4) is 0 Å². The predicted octanol–water partition coefficient (Wildman–Crippen LogP) is -2.97. The summed E-state index contributed by atoms with van der Waals surface area (Å²) in [6.45, 7) is 4.51. The molecule has 1 rings (SSSR count). The summed E-state index contributed by atoms with van der Waals surface area (Å²) in [6, 6.07) is 0. The molecule has 0 saturated carbocycles. The topological polar surface area (TPSA) is 139 Å². The van der Waals surface area contributed by atoms with Crippen LogP contribution < -0.4 is 21.9 Å². The minimum absolute atomic E-state index is 0.0520. The Morgan fingerprint density at radius 1 is 0.958 bits per heavy atom. The lowest BCUT2D eigenvalue weighted by Crippen LogP contribution is -2.57.